The average molecular weight is 731 g/mol. The number of hydrogen-bond acceptors (Lipinski definition) is 1. The third-order valence-electron chi connectivity index (χ3n) is 10.5. The van der Waals surface area contributed by atoms with Crippen molar-refractivity contribution in [1.82, 2.24) is 0 Å². The van der Waals surface area contributed by atoms with Gasteiger partial charge in [0.05, 0.1) is 0 Å². The average Bonchev–Trinajstić information content (AvgIpc) is 3.09. The molecule has 5 aromatic rings. The standard InChI is InChI=1S/C44H52ClGeNSi/c1-31(2)39-29-40(42(35-21-13-9-14-22-35)36-23-15-10-16-24-36)44(47(46-45)48(32(3)4,33(5)6)34(7)8)41(30-39)43(37-25-17-11-18-26-37)38-27-19-12-20-28-38/h9-34,42-43H,1-8H3. The SMILES string of the molecule is CC(C)c1cc(C(c2ccccc2)c2ccccc2)c([N]([Ge][Cl])[Si](C(C)C)(C(C)C)C(C)C)c(C(c2ccccc2)c2ccccc2)c1. The van der Waals surface area contributed by atoms with Gasteiger partial charge in [0.15, 0.2) is 0 Å². The molecule has 0 fully saturated rings. The minimum atomic E-state index is -2.24. The topological polar surface area (TPSA) is 3.24 Å². The van der Waals surface area contributed by atoms with Crippen LogP contribution in [0, 0.1) is 0 Å². The molecule has 1 nitrogen and oxygen atoms in total. The van der Waals surface area contributed by atoms with Crippen LogP contribution in [0.15, 0.2) is 133 Å². The molecule has 0 bridgehead atoms. The molecule has 0 atom stereocenters. The molecule has 0 saturated carbocycles. The van der Waals surface area contributed by atoms with Crippen molar-refractivity contribution in [2.45, 2.75) is 89.8 Å². The first kappa shape index (κ1) is 36.2. The van der Waals surface area contributed by atoms with Crippen LogP contribution in [0.5, 0.6) is 0 Å². The molecule has 5 aromatic carbocycles. The van der Waals surface area contributed by atoms with Crippen LogP contribution in [-0.4, -0.2) is 23.0 Å². The van der Waals surface area contributed by atoms with Crippen LogP contribution in [0.2, 0.25) is 16.6 Å². The Labute approximate surface area is 302 Å². The van der Waals surface area contributed by atoms with Gasteiger partial charge in [0.1, 0.15) is 0 Å². The van der Waals surface area contributed by atoms with Gasteiger partial charge < -0.3 is 0 Å². The Morgan fingerprint density at radius 2 is 0.750 bits per heavy atom. The van der Waals surface area contributed by atoms with Crippen molar-refractivity contribution in [1.29, 1.82) is 0 Å². The van der Waals surface area contributed by atoms with Crippen LogP contribution < -0.4 is 3.52 Å². The number of anilines is 1. The second-order valence-corrected chi connectivity index (χ2v) is 23.3. The first-order valence-corrected chi connectivity index (χ1v) is 23.5. The molecule has 0 saturated heterocycles. The zero-order valence-electron chi connectivity index (χ0n) is 30.0. The molecule has 48 heavy (non-hydrogen) atoms. The number of halogens is 1. The van der Waals surface area contributed by atoms with E-state index in [0.29, 0.717) is 22.5 Å². The molecule has 0 aromatic heterocycles. The Kier molecular flexibility index (Phi) is 12.2. The summed E-state index contributed by atoms with van der Waals surface area (Å²) in [6.07, 6.45) is 0. The predicted octanol–water partition coefficient (Wildman–Crippen LogP) is 12.9. The summed E-state index contributed by atoms with van der Waals surface area (Å²) in [5.41, 5.74) is 12.3. The van der Waals surface area contributed by atoms with Gasteiger partial charge in [-0.15, -0.1) is 0 Å². The van der Waals surface area contributed by atoms with E-state index in [1.807, 2.05) is 0 Å². The van der Waals surface area contributed by atoms with Gasteiger partial charge in [-0.3, -0.25) is 0 Å². The fourth-order valence-corrected chi connectivity index (χ4v) is 24.1. The molecule has 0 unspecified atom stereocenters. The van der Waals surface area contributed by atoms with Gasteiger partial charge in [0.2, 0.25) is 0 Å². The van der Waals surface area contributed by atoms with Crippen LogP contribution in [0.4, 0.5) is 5.69 Å². The third kappa shape index (κ3) is 7.13. The Morgan fingerprint density at radius 1 is 0.458 bits per heavy atom. The Balaban J connectivity index is 2.02. The van der Waals surface area contributed by atoms with E-state index in [2.05, 4.69) is 192 Å². The minimum absolute atomic E-state index is 0.0579. The van der Waals surface area contributed by atoms with E-state index >= 15 is 0 Å². The second-order valence-electron chi connectivity index (χ2n) is 14.5. The van der Waals surface area contributed by atoms with Crippen molar-refractivity contribution in [3.8, 4) is 0 Å². The van der Waals surface area contributed by atoms with E-state index in [0.717, 1.165) is 0 Å². The van der Waals surface area contributed by atoms with E-state index in [4.69, 9.17) is 10.0 Å². The maximum atomic E-state index is 7.54. The maximum absolute atomic E-state index is 7.54. The normalized spacial score (nSPS) is 12.2. The van der Waals surface area contributed by atoms with Crippen LogP contribution >= 0.6 is 10.0 Å². The number of benzene rings is 5. The van der Waals surface area contributed by atoms with E-state index in [-0.39, 0.29) is 11.8 Å². The van der Waals surface area contributed by atoms with Gasteiger partial charge in [-0.2, -0.15) is 0 Å². The van der Waals surface area contributed by atoms with Crippen molar-refractivity contribution in [2.24, 2.45) is 0 Å². The second kappa shape index (κ2) is 16.1. The molecule has 0 N–H and O–H groups in total. The Bertz CT molecular complexity index is 1520. The molecule has 0 aliphatic carbocycles. The quantitative estimate of drug-likeness (QED) is 0.0861. The van der Waals surface area contributed by atoms with Crippen LogP contribution in [-0.2, 0) is 0 Å². The molecule has 4 heteroatoms. The van der Waals surface area contributed by atoms with Gasteiger partial charge in [-0.25, -0.2) is 0 Å². The summed E-state index contributed by atoms with van der Waals surface area (Å²) in [6, 6.07) is 49.7. The van der Waals surface area contributed by atoms with Crippen molar-refractivity contribution in [3.05, 3.63) is 172 Å². The zero-order chi connectivity index (χ0) is 34.4. The summed E-state index contributed by atoms with van der Waals surface area (Å²) in [5.74, 6) is 0.476. The third-order valence-corrected chi connectivity index (χ3v) is 22.5. The molecular weight excluding hydrogens is 679 g/mol. The molecular formula is C44H52ClGeNSi. The van der Waals surface area contributed by atoms with Crippen LogP contribution in [0.3, 0.4) is 0 Å². The zero-order valence-corrected chi connectivity index (χ0v) is 33.8. The Morgan fingerprint density at radius 3 is 0.979 bits per heavy atom. The molecule has 0 spiro atoms. The molecule has 5 rings (SSSR count). The van der Waals surface area contributed by atoms with Crippen LogP contribution in [0.25, 0.3) is 0 Å². The molecule has 2 radical (unpaired) electrons. The summed E-state index contributed by atoms with van der Waals surface area (Å²) < 4.78 is 2.89. The first-order valence-electron chi connectivity index (χ1n) is 17.7. The fraction of sp³-hybridized carbons (Fsp3) is 0.318. The van der Waals surface area contributed by atoms with Gasteiger partial charge in [-0.1, -0.05) is 0 Å². The van der Waals surface area contributed by atoms with Crippen molar-refractivity contribution >= 4 is 38.7 Å². The number of rotatable bonds is 13. The summed E-state index contributed by atoms with van der Waals surface area (Å²) in [4.78, 5) is 0. The fourth-order valence-electron chi connectivity index (χ4n) is 8.50. The molecule has 0 amide bonds. The summed E-state index contributed by atoms with van der Waals surface area (Å²) in [7, 11) is 5.30. The van der Waals surface area contributed by atoms with E-state index in [1.54, 1.807) is 0 Å². The Hall–Kier alpha value is -3.05. The van der Waals surface area contributed by atoms with E-state index in [1.165, 1.54) is 44.6 Å². The molecule has 0 aliphatic heterocycles. The van der Waals surface area contributed by atoms with Gasteiger partial charge in [0, 0.05) is 0 Å². The van der Waals surface area contributed by atoms with Gasteiger partial charge in [-0.05, 0) is 0 Å². The van der Waals surface area contributed by atoms with Gasteiger partial charge in [0.25, 0.3) is 0 Å². The van der Waals surface area contributed by atoms with Crippen molar-refractivity contribution < 1.29 is 0 Å². The van der Waals surface area contributed by atoms with E-state index < -0.39 is 23.0 Å². The van der Waals surface area contributed by atoms with Crippen molar-refractivity contribution in [3.63, 3.8) is 0 Å². The first-order chi connectivity index (χ1) is 23.1. The molecule has 0 aliphatic rings. The molecule has 248 valence electrons. The summed E-state index contributed by atoms with van der Waals surface area (Å²) in [6.45, 7) is 19.5. The van der Waals surface area contributed by atoms with E-state index in [9.17, 15) is 0 Å². The number of nitrogens with zero attached hydrogens (tertiary/aromatic N) is 1. The molecule has 0 heterocycles. The van der Waals surface area contributed by atoms with Gasteiger partial charge >= 0.3 is 304 Å². The summed E-state index contributed by atoms with van der Waals surface area (Å²) in [5, 5.41) is 0. The van der Waals surface area contributed by atoms with Crippen molar-refractivity contribution in [2.75, 3.05) is 3.52 Å². The predicted molar refractivity (Wildman–Crippen MR) is 213 cm³/mol. The monoisotopic (exact) mass is 731 g/mol. The number of hydrogen-bond donors (Lipinski definition) is 0. The van der Waals surface area contributed by atoms with Crippen LogP contribution in [0.1, 0.15) is 112 Å². The summed E-state index contributed by atoms with van der Waals surface area (Å²) >= 11 is -1.03.